The van der Waals surface area contributed by atoms with Crippen molar-refractivity contribution in [3.05, 3.63) is 0 Å². The van der Waals surface area contributed by atoms with Crippen LogP contribution in [0.15, 0.2) is 0 Å². The Hall–Kier alpha value is -0.710. The Labute approximate surface area is 82.7 Å². The summed E-state index contributed by atoms with van der Waals surface area (Å²) in [6.45, 7) is 3.14. The third-order valence-electron chi connectivity index (χ3n) is 2.51. The molecule has 1 saturated heterocycles. The van der Waals surface area contributed by atoms with E-state index in [4.69, 9.17) is 0 Å². The van der Waals surface area contributed by atoms with Gasteiger partial charge in [-0.15, -0.1) is 0 Å². The van der Waals surface area contributed by atoms with Crippen molar-refractivity contribution < 1.29 is 13.6 Å². The van der Waals surface area contributed by atoms with E-state index >= 15 is 0 Å². The van der Waals surface area contributed by atoms with Crippen LogP contribution in [0.25, 0.3) is 0 Å². The first-order chi connectivity index (χ1) is 6.61. The lowest BCUT2D eigenvalue weighted by Crippen LogP contribution is -2.38. The second-order valence-electron chi connectivity index (χ2n) is 3.61. The summed E-state index contributed by atoms with van der Waals surface area (Å²) in [5.41, 5.74) is 0. The minimum Gasteiger partial charge on any atom is -0.340 e. The van der Waals surface area contributed by atoms with E-state index in [9.17, 15) is 13.6 Å². The Morgan fingerprint density at radius 2 is 2.00 bits per heavy atom. The van der Waals surface area contributed by atoms with E-state index in [1.54, 1.807) is 0 Å². The van der Waals surface area contributed by atoms with E-state index in [0.717, 1.165) is 18.0 Å². The smallest absolute Gasteiger partial charge is 0.315 e. The Morgan fingerprint density at radius 3 is 2.50 bits per heavy atom. The summed E-state index contributed by atoms with van der Waals surface area (Å²) in [5, 5.41) is 0. The molecule has 1 aliphatic heterocycles. The fourth-order valence-corrected chi connectivity index (χ4v) is 1.57. The third-order valence-corrected chi connectivity index (χ3v) is 2.51. The molecule has 0 aromatic heterocycles. The zero-order valence-electron chi connectivity index (χ0n) is 8.38. The monoisotopic (exact) mass is 206 g/mol. The first-order valence-corrected chi connectivity index (χ1v) is 4.86. The van der Waals surface area contributed by atoms with Crippen LogP contribution in [-0.4, -0.2) is 55.4 Å². The molecule has 0 saturated carbocycles. The minimum atomic E-state index is -2.88. The maximum Gasteiger partial charge on any atom is 0.315 e. The number of nitrogens with zero attached hydrogens (tertiary/aromatic N) is 2. The normalized spacial score (nSPS) is 17.7. The zero-order valence-corrected chi connectivity index (χ0v) is 8.38. The van der Waals surface area contributed by atoms with Crippen LogP contribution in [0.5, 0.6) is 0 Å². The molecule has 5 heteroatoms. The van der Waals surface area contributed by atoms with Gasteiger partial charge in [0.1, 0.15) is 0 Å². The molecule has 0 radical (unpaired) electrons. The molecule has 1 heterocycles. The summed E-state index contributed by atoms with van der Waals surface area (Å²) in [6.07, 6.45) is -0.530. The van der Waals surface area contributed by atoms with Crippen molar-refractivity contribution in [3.8, 4) is 0 Å². The van der Waals surface area contributed by atoms with Crippen LogP contribution in [0.1, 0.15) is 12.8 Å². The van der Waals surface area contributed by atoms with Gasteiger partial charge in [0, 0.05) is 20.1 Å². The number of likely N-dealkylation sites (N-methyl/N-ethyl adjacent to an activating group) is 1. The maximum atomic E-state index is 12.0. The first-order valence-electron chi connectivity index (χ1n) is 4.86. The van der Waals surface area contributed by atoms with Crippen molar-refractivity contribution in [2.24, 2.45) is 0 Å². The molecule has 1 aliphatic rings. The topological polar surface area (TPSA) is 23.6 Å². The number of hydrogen-bond acceptors (Lipinski definition) is 2. The number of hydrogen-bond donors (Lipinski definition) is 0. The van der Waals surface area contributed by atoms with Gasteiger partial charge in [-0.25, -0.2) is 0 Å². The highest BCUT2D eigenvalue weighted by molar-refractivity contribution is 5.78. The van der Waals surface area contributed by atoms with Crippen LogP contribution in [0.4, 0.5) is 8.78 Å². The van der Waals surface area contributed by atoms with Crippen LogP contribution < -0.4 is 0 Å². The van der Waals surface area contributed by atoms with Gasteiger partial charge in [-0.1, -0.05) is 0 Å². The summed E-state index contributed by atoms with van der Waals surface area (Å²) < 4.78 is 23.9. The summed E-state index contributed by atoms with van der Waals surface area (Å²) >= 11 is 0. The molecule has 14 heavy (non-hydrogen) atoms. The Balaban J connectivity index is 2.19. The highest BCUT2D eigenvalue weighted by atomic mass is 19.3. The van der Waals surface area contributed by atoms with Crippen molar-refractivity contribution >= 4 is 5.91 Å². The SMILES string of the molecule is CN(CCN1CCCC1)C(=O)C(F)F. The molecule has 0 N–H and O–H groups in total. The number of likely N-dealkylation sites (tertiary alicyclic amines) is 1. The summed E-state index contributed by atoms with van der Waals surface area (Å²) in [4.78, 5) is 14.1. The third kappa shape index (κ3) is 3.21. The van der Waals surface area contributed by atoms with Gasteiger partial charge in [-0.2, -0.15) is 8.78 Å². The van der Waals surface area contributed by atoms with E-state index in [2.05, 4.69) is 4.90 Å². The lowest BCUT2D eigenvalue weighted by molar-refractivity contribution is -0.141. The Morgan fingerprint density at radius 1 is 1.43 bits per heavy atom. The van der Waals surface area contributed by atoms with Crippen molar-refractivity contribution in [1.29, 1.82) is 0 Å². The average molecular weight is 206 g/mol. The van der Waals surface area contributed by atoms with Gasteiger partial charge in [0.25, 0.3) is 5.91 Å². The average Bonchev–Trinajstić information content (AvgIpc) is 2.65. The molecule has 1 fully saturated rings. The molecule has 1 amide bonds. The minimum absolute atomic E-state index is 0.392. The molecule has 0 bridgehead atoms. The van der Waals surface area contributed by atoms with Crippen molar-refractivity contribution in [2.45, 2.75) is 19.3 Å². The van der Waals surface area contributed by atoms with Crippen molar-refractivity contribution in [2.75, 3.05) is 33.2 Å². The highest BCUT2D eigenvalue weighted by Gasteiger charge is 2.20. The lowest BCUT2D eigenvalue weighted by Gasteiger charge is -2.21. The molecule has 1 rings (SSSR count). The second kappa shape index (κ2) is 5.24. The molecule has 0 aliphatic carbocycles. The van der Waals surface area contributed by atoms with Crippen LogP contribution in [0.3, 0.4) is 0 Å². The van der Waals surface area contributed by atoms with E-state index < -0.39 is 12.3 Å². The lowest BCUT2D eigenvalue weighted by atomic mass is 10.4. The summed E-state index contributed by atoms with van der Waals surface area (Å²) in [5.74, 6) is -1.08. The van der Waals surface area contributed by atoms with Crippen LogP contribution in [0.2, 0.25) is 0 Å². The Kier molecular flexibility index (Phi) is 4.25. The molecule has 0 spiro atoms. The van der Waals surface area contributed by atoms with Gasteiger partial charge < -0.3 is 9.80 Å². The summed E-state index contributed by atoms with van der Waals surface area (Å²) in [7, 11) is 1.42. The largest absolute Gasteiger partial charge is 0.340 e. The number of amides is 1. The number of alkyl halides is 2. The van der Waals surface area contributed by atoms with Gasteiger partial charge in [0.05, 0.1) is 0 Å². The number of halogens is 2. The fraction of sp³-hybridized carbons (Fsp3) is 0.889. The van der Waals surface area contributed by atoms with Gasteiger partial charge in [0.2, 0.25) is 0 Å². The quantitative estimate of drug-likeness (QED) is 0.679. The number of carbonyl (C=O) groups excluding carboxylic acids is 1. The number of carbonyl (C=O) groups is 1. The number of rotatable bonds is 4. The molecule has 0 unspecified atom stereocenters. The predicted octanol–water partition coefficient (Wildman–Crippen LogP) is 0.806. The maximum absolute atomic E-state index is 12.0. The Bertz CT molecular complexity index is 193. The van der Waals surface area contributed by atoms with Crippen LogP contribution >= 0.6 is 0 Å². The standard InChI is InChI=1S/C9H16F2N2O/c1-12(9(14)8(10)11)6-7-13-4-2-3-5-13/h8H,2-7H2,1H3. The molecule has 0 aromatic carbocycles. The molecular weight excluding hydrogens is 190 g/mol. The van der Waals surface area contributed by atoms with Gasteiger partial charge in [0.15, 0.2) is 0 Å². The zero-order chi connectivity index (χ0) is 10.6. The first kappa shape index (κ1) is 11.4. The highest BCUT2D eigenvalue weighted by Crippen LogP contribution is 2.07. The van der Waals surface area contributed by atoms with E-state index in [-0.39, 0.29) is 0 Å². The van der Waals surface area contributed by atoms with E-state index in [0.29, 0.717) is 13.1 Å². The van der Waals surface area contributed by atoms with E-state index in [1.165, 1.54) is 19.9 Å². The van der Waals surface area contributed by atoms with Crippen LogP contribution in [-0.2, 0) is 4.79 Å². The van der Waals surface area contributed by atoms with Gasteiger partial charge >= 0.3 is 6.43 Å². The van der Waals surface area contributed by atoms with Crippen LogP contribution in [0, 0.1) is 0 Å². The molecule has 0 atom stereocenters. The van der Waals surface area contributed by atoms with Crippen molar-refractivity contribution in [1.82, 2.24) is 9.80 Å². The molecular formula is C9H16F2N2O. The van der Waals surface area contributed by atoms with Gasteiger partial charge in [-0.05, 0) is 25.9 Å². The van der Waals surface area contributed by atoms with Crippen molar-refractivity contribution in [3.63, 3.8) is 0 Å². The second-order valence-corrected chi connectivity index (χ2v) is 3.61. The summed E-state index contributed by atoms with van der Waals surface area (Å²) in [6, 6.07) is 0. The molecule has 0 aromatic rings. The predicted molar refractivity (Wildman–Crippen MR) is 49.3 cm³/mol. The van der Waals surface area contributed by atoms with E-state index in [1.807, 2.05) is 0 Å². The fourth-order valence-electron chi connectivity index (χ4n) is 1.57. The molecule has 82 valence electrons. The van der Waals surface area contributed by atoms with Gasteiger partial charge in [-0.3, -0.25) is 4.79 Å². The molecule has 3 nitrogen and oxygen atoms in total.